The van der Waals surface area contributed by atoms with E-state index in [4.69, 9.17) is 37.0 Å². The molecule has 0 radical (unpaired) electrons. The number of carbonyl (C=O) groups excluding carboxylic acids is 4. The van der Waals surface area contributed by atoms with Crippen LogP contribution < -0.4 is 0 Å². The highest BCUT2D eigenvalue weighted by Crippen LogP contribution is 2.45. The number of hydrogen-bond donors (Lipinski definition) is 3. The average molecular weight is 1440 g/mol. The van der Waals surface area contributed by atoms with E-state index in [-0.39, 0.29) is 25.7 Å². The first-order valence-corrected chi connectivity index (χ1v) is 43.9. The number of esters is 4. The van der Waals surface area contributed by atoms with E-state index in [0.717, 1.165) is 108 Å². The van der Waals surface area contributed by atoms with Gasteiger partial charge in [0.05, 0.1) is 26.4 Å². The second-order valence-electron chi connectivity index (χ2n) is 29.4. The molecular weight excluding hydrogens is 1280 g/mol. The average Bonchev–Trinajstić information content (AvgIpc) is 1.23. The number of rotatable bonds is 77. The summed E-state index contributed by atoms with van der Waals surface area (Å²) in [5.41, 5.74) is 0. The number of carbonyl (C=O) groups is 4. The standard InChI is InChI=1S/C79H154O17P2/c1-8-11-12-13-14-15-31-39-46-53-60-76(81)89-67-75(96-79(84)63-56-49-42-35-34-38-45-52-59-72(7)10-3)69-94-98(87,88)92-65-73(80)64-91-97(85,86)93-68-74(66-90-77(82)61-54-47-40-32-28-24-25-29-36-43-50-57-70(4)5)95-78(83)62-55-48-41-33-27-23-21-19-17-16-18-20-22-26-30-37-44-51-58-71(6)9-2/h70-75,80H,8-69H2,1-7H3,(H,85,86)(H,87,88)/t71?,72?,73-,74-,75-/m1/s1. The van der Waals surface area contributed by atoms with Gasteiger partial charge in [0.15, 0.2) is 12.2 Å². The van der Waals surface area contributed by atoms with E-state index in [9.17, 15) is 43.2 Å². The summed E-state index contributed by atoms with van der Waals surface area (Å²) in [5.74, 6) is 0.296. The van der Waals surface area contributed by atoms with Crippen LogP contribution in [0.25, 0.3) is 0 Å². The third-order valence-corrected chi connectivity index (χ3v) is 21.0. The molecule has 0 aliphatic carbocycles. The van der Waals surface area contributed by atoms with E-state index in [2.05, 4.69) is 48.5 Å². The maximum Gasteiger partial charge on any atom is 0.472 e. The van der Waals surface area contributed by atoms with Gasteiger partial charge in [-0.1, -0.05) is 357 Å². The highest BCUT2D eigenvalue weighted by molar-refractivity contribution is 7.47. The van der Waals surface area contributed by atoms with Crippen LogP contribution in [0.15, 0.2) is 0 Å². The molecular formula is C79H154O17P2. The Morgan fingerprint density at radius 3 is 0.776 bits per heavy atom. The molecule has 0 aromatic heterocycles. The summed E-state index contributed by atoms with van der Waals surface area (Å²) < 4.78 is 68.6. The number of ether oxygens (including phenoxy) is 4. The Kier molecular flexibility index (Phi) is 68.1. The number of phosphoric ester groups is 2. The van der Waals surface area contributed by atoms with Crippen molar-refractivity contribution < 1.29 is 80.2 Å². The number of aliphatic hydroxyl groups excluding tert-OH is 1. The molecule has 7 atom stereocenters. The molecule has 0 aromatic carbocycles. The van der Waals surface area contributed by atoms with Gasteiger partial charge in [-0.2, -0.15) is 0 Å². The van der Waals surface area contributed by atoms with Crippen molar-refractivity contribution in [2.24, 2.45) is 17.8 Å². The van der Waals surface area contributed by atoms with Crippen molar-refractivity contribution in [3.63, 3.8) is 0 Å². The molecule has 0 heterocycles. The van der Waals surface area contributed by atoms with E-state index < -0.39 is 97.5 Å². The van der Waals surface area contributed by atoms with Gasteiger partial charge in [0.25, 0.3) is 0 Å². The molecule has 0 rings (SSSR count). The van der Waals surface area contributed by atoms with Crippen LogP contribution in [0.2, 0.25) is 0 Å². The quantitative estimate of drug-likeness (QED) is 0.0222. The van der Waals surface area contributed by atoms with Crippen molar-refractivity contribution in [1.29, 1.82) is 0 Å². The van der Waals surface area contributed by atoms with Gasteiger partial charge in [0, 0.05) is 25.7 Å². The highest BCUT2D eigenvalue weighted by Gasteiger charge is 2.30. The van der Waals surface area contributed by atoms with Crippen molar-refractivity contribution in [1.82, 2.24) is 0 Å². The fourth-order valence-electron chi connectivity index (χ4n) is 12.1. The lowest BCUT2D eigenvalue weighted by molar-refractivity contribution is -0.161. The zero-order valence-electron chi connectivity index (χ0n) is 64.3. The smallest absolute Gasteiger partial charge is 0.462 e. The molecule has 17 nitrogen and oxygen atoms in total. The van der Waals surface area contributed by atoms with Crippen molar-refractivity contribution in [2.75, 3.05) is 39.6 Å². The summed E-state index contributed by atoms with van der Waals surface area (Å²) in [7, 11) is -9.91. The lowest BCUT2D eigenvalue weighted by Crippen LogP contribution is -2.30. The number of phosphoric acid groups is 2. The Balaban J connectivity index is 5.20. The number of unbranched alkanes of at least 4 members (excludes halogenated alkanes) is 43. The molecule has 98 heavy (non-hydrogen) atoms. The monoisotopic (exact) mass is 1440 g/mol. The lowest BCUT2D eigenvalue weighted by Gasteiger charge is -2.21. The van der Waals surface area contributed by atoms with Crippen LogP contribution in [0, 0.1) is 17.8 Å². The van der Waals surface area contributed by atoms with E-state index in [0.29, 0.717) is 25.7 Å². The van der Waals surface area contributed by atoms with Crippen LogP contribution in [0.1, 0.15) is 408 Å². The van der Waals surface area contributed by atoms with E-state index >= 15 is 0 Å². The van der Waals surface area contributed by atoms with E-state index in [1.165, 1.54) is 218 Å². The van der Waals surface area contributed by atoms with Crippen molar-refractivity contribution in [3.05, 3.63) is 0 Å². The highest BCUT2D eigenvalue weighted by atomic mass is 31.2. The van der Waals surface area contributed by atoms with Crippen molar-refractivity contribution in [2.45, 2.75) is 426 Å². The Morgan fingerprint density at radius 1 is 0.296 bits per heavy atom. The van der Waals surface area contributed by atoms with E-state index in [1.807, 2.05) is 0 Å². The van der Waals surface area contributed by atoms with Crippen molar-refractivity contribution in [3.8, 4) is 0 Å². The molecule has 0 aliphatic rings. The predicted octanol–water partition coefficient (Wildman–Crippen LogP) is 23.4. The van der Waals surface area contributed by atoms with Crippen molar-refractivity contribution >= 4 is 39.5 Å². The molecule has 0 bridgehead atoms. The molecule has 0 spiro atoms. The fraction of sp³-hybridized carbons (Fsp3) is 0.949. The molecule has 0 saturated heterocycles. The molecule has 0 amide bonds. The second-order valence-corrected chi connectivity index (χ2v) is 32.3. The first-order valence-electron chi connectivity index (χ1n) is 40.9. The van der Waals surface area contributed by atoms with Gasteiger partial charge >= 0.3 is 39.5 Å². The minimum absolute atomic E-state index is 0.105. The van der Waals surface area contributed by atoms with Gasteiger partial charge < -0.3 is 33.8 Å². The fourth-order valence-corrected chi connectivity index (χ4v) is 13.6. The van der Waals surface area contributed by atoms with Crippen LogP contribution in [-0.2, 0) is 65.4 Å². The molecule has 582 valence electrons. The molecule has 19 heteroatoms. The van der Waals surface area contributed by atoms with Gasteiger partial charge in [-0.3, -0.25) is 37.3 Å². The zero-order valence-corrected chi connectivity index (χ0v) is 66.0. The molecule has 0 aromatic rings. The number of hydrogen-bond acceptors (Lipinski definition) is 15. The third-order valence-electron chi connectivity index (χ3n) is 19.1. The second kappa shape index (κ2) is 69.4. The van der Waals surface area contributed by atoms with Gasteiger partial charge in [-0.25, -0.2) is 9.13 Å². The van der Waals surface area contributed by atoms with Crippen LogP contribution in [-0.4, -0.2) is 96.7 Å². The zero-order chi connectivity index (χ0) is 72.3. The van der Waals surface area contributed by atoms with Crippen LogP contribution >= 0.6 is 15.6 Å². The lowest BCUT2D eigenvalue weighted by atomic mass is 9.99. The van der Waals surface area contributed by atoms with Crippen LogP contribution in [0.3, 0.4) is 0 Å². The van der Waals surface area contributed by atoms with Gasteiger partial charge in [-0.05, 0) is 43.4 Å². The van der Waals surface area contributed by atoms with Gasteiger partial charge in [-0.15, -0.1) is 0 Å². The Bertz CT molecular complexity index is 1910. The SMILES string of the molecule is CCCCCCCCCCCCC(=O)OC[C@H](COP(=O)(O)OC[C@H](O)COP(=O)(O)OC[C@@H](COC(=O)CCCCCCCCCCCCCC(C)C)OC(=O)CCCCCCCCCCCCCCCCCCCCC(C)CC)OC(=O)CCCCCCCCCCC(C)CC. The molecule has 0 saturated carbocycles. The summed E-state index contributed by atoms with van der Waals surface area (Å²) >= 11 is 0. The third kappa shape index (κ3) is 69.8. The summed E-state index contributed by atoms with van der Waals surface area (Å²) in [4.78, 5) is 72.9. The van der Waals surface area contributed by atoms with Gasteiger partial charge in [0.2, 0.25) is 0 Å². The van der Waals surface area contributed by atoms with Crippen LogP contribution in [0.5, 0.6) is 0 Å². The Morgan fingerprint density at radius 2 is 0.520 bits per heavy atom. The first kappa shape index (κ1) is 96.1. The first-order chi connectivity index (χ1) is 47.3. The molecule has 0 fully saturated rings. The minimum atomic E-state index is -4.96. The summed E-state index contributed by atoms with van der Waals surface area (Å²) in [6.45, 7) is 12.0. The topological polar surface area (TPSA) is 237 Å². The van der Waals surface area contributed by atoms with E-state index in [1.54, 1.807) is 0 Å². The Hall–Kier alpha value is -1.94. The summed E-state index contributed by atoms with van der Waals surface area (Å²) in [6, 6.07) is 0. The largest absolute Gasteiger partial charge is 0.472 e. The maximum atomic E-state index is 13.1. The molecule has 0 aliphatic heterocycles. The van der Waals surface area contributed by atoms with Crippen LogP contribution in [0.4, 0.5) is 0 Å². The summed E-state index contributed by atoms with van der Waals surface area (Å²) in [6.07, 6.45) is 56.8. The normalized spacial score (nSPS) is 14.6. The predicted molar refractivity (Wildman–Crippen MR) is 400 cm³/mol. The molecule has 4 unspecified atom stereocenters. The van der Waals surface area contributed by atoms with Gasteiger partial charge in [0.1, 0.15) is 19.3 Å². The molecule has 3 N–H and O–H groups in total. The minimum Gasteiger partial charge on any atom is -0.462 e. The number of aliphatic hydroxyl groups is 1. The summed E-state index contributed by atoms with van der Waals surface area (Å²) in [5, 5.41) is 10.6. The Labute approximate surface area is 600 Å². The maximum absolute atomic E-state index is 13.1.